The van der Waals surface area contributed by atoms with E-state index < -0.39 is 0 Å². The van der Waals surface area contributed by atoms with Crippen LogP contribution in [-0.4, -0.2) is 50.7 Å². The van der Waals surface area contributed by atoms with Gasteiger partial charge in [-0.3, -0.25) is 9.89 Å². The van der Waals surface area contributed by atoms with E-state index in [1.165, 1.54) is 19.4 Å². The van der Waals surface area contributed by atoms with Crippen molar-refractivity contribution < 1.29 is 4.74 Å². The number of methoxy groups -OCH3 is 1. The first-order valence-corrected chi connectivity index (χ1v) is 8.56. The molecule has 0 bridgehead atoms. The average molecular weight is 467 g/mol. The molecule has 1 aromatic rings. The van der Waals surface area contributed by atoms with Crippen LogP contribution in [-0.2, 0) is 6.54 Å². The largest absolute Gasteiger partial charge is 0.496 e. The highest BCUT2D eigenvalue weighted by molar-refractivity contribution is 14.0. The molecule has 24 heavy (non-hydrogen) atoms. The normalized spacial score (nSPS) is 18.2. The molecule has 1 unspecified atom stereocenters. The maximum Gasteiger partial charge on any atom is 0.191 e. The fourth-order valence-electron chi connectivity index (χ4n) is 3.02. The number of hydrogen-bond donors (Lipinski definition) is 2. The summed E-state index contributed by atoms with van der Waals surface area (Å²) in [7, 11) is 3.45. The zero-order valence-electron chi connectivity index (χ0n) is 14.6. The smallest absolute Gasteiger partial charge is 0.191 e. The lowest BCUT2D eigenvalue weighted by Crippen LogP contribution is -2.44. The van der Waals surface area contributed by atoms with Gasteiger partial charge in [0, 0.05) is 36.8 Å². The number of hydrogen-bond acceptors (Lipinski definition) is 3. The summed E-state index contributed by atoms with van der Waals surface area (Å²) in [4.78, 5) is 6.81. The van der Waals surface area contributed by atoms with Crippen LogP contribution in [0, 0.1) is 0 Å². The lowest BCUT2D eigenvalue weighted by atomic mass is 10.2. The zero-order chi connectivity index (χ0) is 16.7. The van der Waals surface area contributed by atoms with Crippen LogP contribution in [0.1, 0.15) is 25.3 Å². The van der Waals surface area contributed by atoms with Crippen LogP contribution >= 0.6 is 35.6 Å². The van der Waals surface area contributed by atoms with E-state index in [1.807, 2.05) is 18.2 Å². The molecule has 0 radical (unpaired) electrons. The number of likely N-dealkylation sites (N-methyl/N-ethyl adjacent to an activating group) is 1. The minimum absolute atomic E-state index is 0. The summed E-state index contributed by atoms with van der Waals surface area (Å²) in [6, 6.07) is 6.27. The lowest BCUT2D eigenvalue weighted by molar-refractivity contribution is 0.267. The highest BCUT2D eigenvalue weighted by atomic mass is 127. The number of halogens is 2. The molecule has 0 saturated carbocycles. The second-order valence-electron chi connectivity index (χ2n) is 5.69. The summed E-state index contributed by atoms with van der Waals surface area (Å²) in [5, 5.41) is 7.43. The van der Waals surface area contributed by atoms with Crippen LogP contribution in [0.25, 0.3) is 0 Å². The van der Waals surface area contributed by atoms with Crippen molar-refractivity contribution in [2.24, 2.45) is 4.99 Å². The van der Waals surface area contributed by atoms with Crippen molar-refractivity contribution in [1.82, 2.24) is 15.5 Å². The van der Waals surface area contributed by atoms with Crippen LogP contribution in [0.4, 0.5) is 0 Å². The molecular weight excluding hydrogens is 439 g/mol. The van der Waals surface area contributed by atoms with Gasteiger partial charge in [-0.25, -0.2) is 0 Å². The fourth-order valence-corrected chi connectivity index (χ4v) is 3.18. The van der Waals surface area contributed by atoms with Crippen molar-refractivity contribution >= 4 is 41.5 Å². The van der Waals surface area contributed by atoms with Crippen LogP contribution < -0.4 is 15.4 Å². The SMILES string of the molecule is CCN1CCCC1CNC(=NC)NCc1ccc(Cl)cc1OC.I. The Morgan fingerprint density at radius 2 is 2.21 bits per heavy atom. The number of nitrogens with zero attached hydrogens (tertiary/aromatic N) is 2. The molecule has 7 heteroatoms. The van der Waals surface area contributed by atoms with Crippen molar-refractivity contribution in [1.29, 1.82) is 0 Å². The Hall–Kier alpha value is -0.730. The van der Waals surface area contributed by atoms with Crippen molar-refractivity contribution in [2.45, 2.75) is 32.4 Å². The monoisotopic (exact) mass is 466 g/mol. The van der Waals surface area contributed by atoms with Gasteiger partial charge in [-0.05, 0) is 38.1 Å². The van der Waals surface area contributed by atoms with Gasteiger partial charge >= 0.3 is 0 Å². The molecular formula is C17H28ClIN4O. The Labute approximate surface area is 167 Å². The second-order valence-corrected chi connectivity index (χ2v) is 6.12. The third-order valence-electron chi connectivity index (χ3n) is 4.33. The Morgan fingerprint density at radius 3 is 2.88 bits per heavy atom. The zero-order valence-corrected chi connectivity index (χ0v) is 17.7. The highest BCUT2D eigenvalue weighted by Gasteiger charge is 2.22. The molecule has 1 heterocycles. The molecule has 1 aliphatic rings. The van der Waals surface area contributed by atoms with Gasteiger partial charge in [-0.15, -0.1) is 24.0 Å². The summed E-state index contributed by atoms with van der Waals surface area (Å²) < 4.78 is 5.37. The molecule has 0 amide bonds. The van der Waals surface area contributed by atoms with Crippen LogP contribution in [0.2, 0.25) is 5.02 Å². The van der Waals surface area contributed by atoms with Gasteiger partial charge in [0.05, 0.1) is 7.11 Å². The summed E-state index contributed by atoms with van der Waals surface area (Å²) in [6.07, 6.45) is 2.54. The number of nitrogens with one attached hydrogen (secondary N) is 2. The maximum absolute atomic E-state index is 5.99. The van der Waals surface area contributed by atoms with Crippen molar-refractivity contribution in [3.63, 3.8) is 0 Å². The van der Waals surface area contributed by atoms with Gasteiger partial charge in [0.25, 0.3) is 0 Å². The van der Waals surface area contributed by atoms with E-state index in [0.717, 1.165) is 30.4 Å². The van der Waals surface area contributed by atoms with E-state index in [2.05, 4.69) is 27.4 Å². The molecule has 0 spiro atoms. The third kappa shape index (κ3) is 5.97. The van der Waals surface area contributed by atoms with Gasteiger partial charge in [0.1, 0.15) is 5.75 Å². The number of ether oxygens (including phenoxy) is 1. The van der Waals surface area contributed by atoms with E-state index in [1.54, 1.807) is 14.2 Å². The van der Waals surface area contributed by atoms with Crippen molar-refractivity contribution in [3.8, 4) is 5.75 Å². The first-order chi connectivity index (χ1) is 11.2. The predicted molar refractivity (Wildman–Crippen MR) is 112 cm³/mol. The maximum atomic E-state index is 5.99. The number of likely N-dealkylation sites (tertiary alicyclic amines) is 1. The fraction of sp³-hybridized carbons (Fsp3) is 0.588. The van der Waals surface area contributed by atoms with Gasteiger partial charge in [0.2, 0.25) is 0 Å². The second kappa shape index (κ2) is 11.0. The lowest BCUT2D eigenvalue weighted by Gasteiger charge is -2.24. The Morgan fingerprint density at radius 1 is 1.42 bits per heavy atom. The molecule has 1 aromatic carbocycles. The number of rotatable bonds is 6. The number of benzene rings is 1. The van der Waals surface area contributed by atoms with Gasteiger partial charge in [0.15, 0.2) is 5.96 Å². The summed E-state index contributed by atoms with van der Waals surface area (Å²) in [6.45, 7) is 6.10. The minimum atomic E-state index is 0. The van der Waals surface area contributed by atoms with Gasteiger partial charge < -0.3 is 15.4 Å². The van der Waals surface area contributed by atoms with Crippen LogP contribution in [0.3, 0.4) is 0 Å². The van der Waals surface area contributed by atoms with Gasteiger partial charge in [-0.2, -0.15) is 0 Å². The van der Waals surface area contributed by atoms with E-state index in [-0.39, 0.29) is 24.0 Å². The summed E-state index contributed by atoms with van der Waals surface area (Å²) >= 11 is 5.99. The minimum Gasteiger partial charge on any atom is -0.496 e. The molecule has 1 saturated heterocycles. The first kappa shape index (κ1) is 21.3. The molecule has 0 aliphatic carbocycles. The van der Waals surface area contributed by atoms with E-state index >= 15 is 0 Å². The standard InChI is InChI=1S/C17H27ClN4O.HI/c1-4-22-9-5-6-15(22)12-21-17(19-2)20-11-13-7-8-14(18)10-16(13)23-3;/h7-8,10,15H,4-6,9,11-12H2,1-3H3,(H2,19,20,21);1H. The molecule has 2 N–H and O–H groups in total. The third-order valence-corrected chi connectivity index (χ3v) is 4.56. The summed E-state index contributed by atoms with van der Waals surface area (Å²) in [5.74, 6) is 1.60. The number of aliphatic imine (C=N–C) groups is 1. The van der Waals surface area contributed by atoms with Crippen molar-refractivity contribution in [3.05, 3.63) is 28.8 Å². The molecule has 1 fully saturated rings. The van der Waals surface area contributed by atoms with E-state index in [4.69, 9.17) is 16.3 Å². The van der Waals surface area contributed by atoms with Crippen LogP contribution in [0.5, 0.6) is 5.75 Å². The average Bonchev–Trinajstić information content (AvgIpc) is 3.03. The first-order valence-electron chi connectivity index (χ1n) is 8.19. The summed E-state index contributed by atoms with van der Waals surface area (Å²) in [5.41, 5.74) is 1.05. The Kier molecular flexibility index (Phi) is 9.76. The molecule has 136 valence electrons. The Balaban J connectivity index is 0.00000288. The Bertz CT molecular complexity index is 541. The quantitative estimate of drug-likeness (QED) is 0.384. The predicted octanol–water partition coefficient (Wildman–Crippen LogP) is 3.12. The highest BCUT2D eigenvalue weighted by Crippen LogP contribution is 2.22. The van der Waals surface area contributed by atoms with E-state index in [0.29, 0.717) is 17.6 Å². The molecule has 5 nitrogen and oxygen atoms in total. The van der Waals surface area contributed by atoms with Crippen LogP contribution in [0.15, 0.2) is 23.2 Å². The molecule has 2 rings (SSSR count). The number of guanidine groups is 1. The molecule has 0 aromatic heterocycles. The van der Waals surface area contributed by atoms with E-state index in [9.17, 15) is 0 Å². The molecule has 1 aliphatic heterocycles. The topological polar surface area (TPSA) is 48.9 Å². The molecule has 1 atom stereocenters. The van der Waals surface area contributed by atoms with Gasteiger partial charge in [-0.1, -0.05) is 24.6 Å². The van der Waals surface area contributed by atoms with Crippen molar-refractivity contribution in [2.75, 3.05) is 33.8 Å².